The Bertz CT molecular complexity index is 815. The van der Waals surface area contributed by atoms with Crippen molar-refractivity contribution in [2.75, 3.05) is 19.8 Å². The molecule has 30 heavy (non-hydrogen) atoms. The highest BCUT2D eigenvalue weighted by Crippen LogP contribution is 2.17. The van der Waals surface area contributed by atoms with Crippen molar-refractivity contribution in [3.63, 3.8) is 0 Å². The highest BCUT2D eigenvalue weighted by molar-refractivity contribution is 5.92. The molecule has 1 fully saturated rings. The number of rotatable bonds is 9. The van der Waals surface area contributed by atoms with E-state index >= 15 is 0 Å². The summed E-state index contributed by atoms with van der Waals surface area (Å²) in [7, 11) is 0. The van der Waals surface area contributed by atoms with E-state index in [-0.39, 0.29) is 17.9 Å². The molecule has 2 aromatic carbocycles. The van der Waals surface area contributed by atoms with Crippen LogP contribution in [0.2, 0.25) is 0 Å². The summed E-state index contributed by atoms with van der Waals surface area (Å²) in [6, 6.07) is 16.6. The van der Waals surface area contributed by atoms with Crippen LogP contribution in [0.1, 0.15) is 48.5 Å². The third kappa shape index (κ3) is 6.32. The number of carbonyl (C=O) groups excluding carboxylic acids is 2. The van der Waals surface area contributed by atoms with Crippen LogP contribution in [0.25, 0.3) is 0 Å². The molecule has 160 valence electrons. The highest BCUT2D eigenvalue weighted by atomic mass is 16.5. The predicted molar refractivity (Wildman–Crippen MR) is 114 cm³/mol. The molecular formula is C24H29NO5. The zero-order chi connectivity index (χ0) is 21.3. The van der Waals surface area contributed by atoms with Gasteiger partial charge in [-0.2, -0.15) is 0 Å². The van der Waals surface area contributed by atoms with Crippen molar-refractivity contribution >= 4 is 11.9 Å². The maximum absolute atomic E-state index is 12.3. The molecule has 0 radical (unpaired) electrons. The molecule has 1 aliphatic heterocycles. The molecule has 0 aromatic heterocycles. The minimum Gasteiger partial charge on any atom is -0.491 e. The van der Waals surface area contributed by atoms with Gasteiger partial charge in [0.2, 0.25) is 0 Å². The smallest absolute Gasteiger partial charge is 0.338 e. The van der Waals surface area contributed by atoms with Crippen LogP contribution >= 0.6 is 0 Å². The van der Waals surface area contributed by atoms with E-state index in [2.05, 4.69) is 5.32 Å². The van der Waals surface area contributed by atoms with Gasteiger partial charge < -0.3 is 19.5 Å². The van der Waals surface area contributed by atoms with Crippen LogP contribution in [0.4, 0.5) is 0 Å². The fourth-order valence-electron chi connectivity index (χ4n) is 3.23. The Balaban J connectivity index is 1.43. The first-order valence-corrected chi connectivity index (χ1v) is 10.4. The second-order valence-electron chi connectivity index (χ2n) is 7.57. The van der Waals surface area contributed by atoms with Crippen LogP contribution in [0.3, 0.4) is 0 Å². The van der Waals surface area contributed by atoms with Gasteiger partial charge >= 0.3 is 5.97 Å². The topological polar surface area (TPSA) is 73.9 Å². The van der Waals surface area contributed by atoms with Crippen molar-refractivity contribution in [1.82, 2.24) is 5.32 Å². The first kappa shape index (κ1) is 21.8. The molecule has 1 saturated heterocycles. The van der Waals surface area contributed by atoms with Crippen molar-refractivity contribution < 1.29 is 23.8 Å². The van der Waals surface area contributed by atoms with Crippen molar-refractivity contribution in [1.29, 1.82) is 0 Å². The summed E-state index contributed by atoms with van der Waals surface area (Å²) in [6.45, 7) is 5.37. The third-order valence-corrected chi connectivity index (χ3v) is 5.15. The zero-order valence-electron chi connectivity index (χ0n) is 17.5. The molecule has 3 rings (SSSR count). The van der Waals surface area contributed by atoms with Crippen molar-refractivity contribution in [3.05, 3.63) is 65.7 Å². The fourth-order valence-corrected chi connectivity index (χ4v) is 3.23. The number of ether oxygens (including phenoxy) is 3. The summed E-state index contributed by atoms with van der Waals surface area (Å²) in [6.07, 6.45) is 1.33. The first-order valence-electron chi connectivity index (χ1n) is 10.4. The molecule has 2 aromatic rings. The molecule has 6 heteroatoms. The van der Waals surface area contributed by atoms with Crippen LogP contribution in [0.5, 0.6) is 5.75 Å². The molecule has 3 unspecified atom stereocenters. The molecule has 0 bridgehead atoms. The average molecular weight is 411 g/mol. The molecule has 1 N–H and O–H groups in total. The normalized spacial score (nSPS) is 17.7. The van der Waals surface area contributed by atoms with E-state index in [1.807, 2.05) is 37.3 Å². The number of nitrogens with one attached hydrogen (secondary N) is 1. The van der Waals surface area contributed by atoms with Crippen LogP contribution in [0.15, 0.2) is 54.6 Å². The third-order valence-electron chi connectivity index (χ3n) is 5.15. The van der Waals surface area contributed by atoms with Crippen molar-refractivity contribution in [2.45, 2.75) is 44.8 Å². The summed E-state index contributed by atoms with van der Waals surface area (Å²) in [5.41, 5.74) is 1.51. The lowest BCUT2D eigenvalue weighted by molar-refractivity contribution is -0.129. The second-order valence-corrected chi connectivity index (χ2v) is 7.57. The van der Waals surface area contributed by atoms with Crippen molar-refractivity contribution in [2.24, 2.45) is 0 Å². The van der Waals surface area contributed by atoms with E-state index in [0.717, 1.165) is 25.0 Å². The Morgan fingerprint density at radius 3 is 2.50 bits per heavy atom. The lowest BCUT2D eigenvalue weighted by atomic mass is 10.0. The minimum absolute atomic E-state index is 0.138. The molecule has 1 heterocycles. The van der Waals surface area contributed by atoms with Gasteiger partial charge in [0.05, 0.1) is 11.7 Å². The highest BCUT2D eigenvalue weighted by Gasteiger charge is 2.20. The van der Waals surface area contributed by atoms with E-state index in [9.17, 15) is 9.59 Å². The second kappa shape index (κ2) is 10.8. The summed E-state index contributed by atoms with van der Waals surface area (Å²) in [5.74, 6) is -0.0231. The van der Waals surface area contributed by atoms with E-state index in [1.54, 1.807) is 31.2 Å². The lowest BCUT2D eigenvalue weighted by Gasteiger charge is -2.17. The average Bonchev–Trinajstić information content (AvgIpc) is 3.30. The van der Waals surface area contributed by atoms with E-state index in [1.165, 1.54) is 0 Å². The van der Waals surface area contributed by atoms with Gasteiger partial charge in [-0.15, -0.1) is 0 Å². The zero-order valence-corrected chi connectivity index (χ0v) is 17.5. The van der Waals surface area contributed by atoms with Crippen LogP contribution < -0.4 is 10.1 Å². The Morgan fingerprint density at radius 1 is 1.10 bits per heavy atom. The van der Waals surface area contributed by atoms with Crippen LogP contribution in [-0.4, -0.2) is 43.8 Å². The maximum atomic E-state index is 12.3. The van der Waals surface area contributed by atoms with Gasteiger partial charge in [0.25, 0.3) is 5.91 Å². The maximum Gasteiger partial charge on any atom is 0.338 e. The fraction of sp³-hybridized carbons (Fsp3) is 0.417. The Labute approximate surface area is 177 Å². The molecule has 0 aliphatic carbocycles. The standard InChI is InChI=1S/C24H29NO5/c1-17(19-7-4-3-5-8-19)15-25-23(26)18(2)30-24(27)20-10-12-21(13-11-20)29-16-22-9-6-14-28-22/h3-5,7-8,10-13,17-18,22H,6,9,14-16H2,1-2H3,(H,25,26). The molecular weight excluding hydrogens is 382 g/mol. The van der Waals surface area contributed by atoms with E-state index in [0.29, 0.717) is 24.5 Å². The summed E-state index contributed by atoms with van der Waals surface area (Å²) >= 11 is 0. The lowest BCUT2D eigenvalue weighted by Crippen LogP contribution is -2.37. The van der Waals surface area contributed by atoms with Crippen molar-refractivity contribution in [3.8, 4) is 5.75 Å². The molecule has 0 saturated carbocycles. The van der Waals surface area contributed by atoms with Gasteiger partial charge in [-0.1, -0.05) is 37.3 Å². The minimum atomic E-state index is -0.879. The molecule has 3 atom stereocenters. The molecule has 0 spiro atoms. The molecule has 1 aliphatic rings. The quantitative estimate of drug-likeness (QED) is 0.637. The Morgan fingerprint density at radius 2 is 1.83 bits per heavy atom. The predicted octanol–water partition coefficient (Wildman–Crippen LogP) is 3.71. The van der Waals surface area contributed by atoms with Gasteiger partial charge in [0.15, 0.2) is 6.10 Å². The largest absolute Gasteiger partial charge is 0.491 e. The summed E-state index contributed by atoms with van der Waals surface area (Å²) in [5, 5.41) is 2.84. The number of hydrogen-bond donors (Lipinski definition) is 1. The Kier molecular flexibility index (Phi) is 7.85. The SMILES string of the molecule is CC(OC(=O)c1ccc(OCC2CCCO2)cc1)C(=O)NCC(C)c1ccccc1. The van der Waals surface area contributed by atoms with Gasteiger partial charge in [-0.05, 0) is 55.5 Å². The van der Waals surface area contributed by atoms with Gasteiger partial charge in [-0.25, -0.2) is 4.79 Å². The van der Waals surface area contributed by atoms with Crippen LogP contribution in [-0.2, 0) is 14.3 Å². The summed E-state index contributed by atoms with van der Waals surface area (Å²) in [4.78, 5) is 24.6. The first-order chi connectivity index (χ1) is 14.5. The van der Waals surface area contributed by atoms with Gasteiger partial charge in [0.1, 0.15) is 12.4 Å². The summed E-state index contributed by atoms with van der Waals surface area (Å²) < 4.78 is 16.5. The Hall–Kier alpha value is -2.86. The van der Waals surface area contributed by atoms with Gasteiger partial charge in [0, 0.05) is 13.2 Å². The molecule has 6 nitrogen and oxygen atoms in total. The monoisotopic (exact) mass is 411 g/mol. The number of hydrogen-bond acceptors (Lipinski definition) is 5. The number of esters is 1. The van der Waals surface area contributed by atoms with Gasteiger partial charge in [-0.3, -0.25) is 4.79 Å². The van der Waals surface area contributed by atoms with E-state index in [4.69, 9.17) is 14.2 Å². The van der Waals surface area contributed by atoms with Crippen LogP contribution in [0, 0.1) is 0 Å². The molecule has 1 amide bonds. The number of amides is 1. The number of benzene rings is 2. The van der Waals surface area contributed by atoms with E-state index < -0.39 is 12.1 Å². The number of carbonyl (C=O) groups is 2.